The van der Waals surface area contributed by atoms with Gasteiger partial charge in [0.25, 0.3) is 0 Å². The fourth-order valence-corrected chi connectivity index (χ4v) is 1.64. The second kappa shape index (κ2) is 5.19. The number of rotatable bonds is 4. The summed E-state index contributed by atoms with van der Waals surface area (Å²) in [6.45, 7) is 4.78. The number of hydrogen-bond acceptors (Lipinski definition) is 2. The average molecular weight is 229 g/mol. The monoisotopic (exact) mass is 229 g/mol. The number of nitrogens with two attached hydrogens (primary N) is 1. The summed E-state index contributed by atoms with van der Waals surface area (Å²) in [4.78, 5) is 0. The molecule has 0 aliphatic carbocycles. The van der Waals surface area contributed by atoms with Gasteiger partial charge in [-0.15, -0.1) is 0 Å². The summed E-state index contributed by atoms with van der Waals surface area (Å²) in [5.74, 6) is 1.33. The molecule has 1 atom stereocenters. The van der Waals surface area contributed by atoms with E-state index in [0.29, 0.717) is 12.5 Å². The summed E-state index contributed by atoms with van der Waals surface area (Å²) in [5.41, 5.74) is 5.95. The highest BCUT2D eigenvalue weighted by atomic mass is 16.5. The molecular weight excluding hydrogens is 210 g/mol. The van der Waals surface area contributed by atoms with E-state index < -0.39 is 0 Å². The molecule has 2 rings (SSSR count). The lowest BCUT2D eigenvalue weighted by Gasteiger charge is -2.16. The topological polar surface area (TPSA) is 35.2 Å². The first-order valence-corrected chi connectivity index (χ1v) is 6.04. The van der Waals surface area contributed by atoms with Gasteiger partial charge in [0.1, 0.15) is 12.4 Å². The van der Waals surface area contributed by atoms with Crippen LogP contribution < -0.4 is 10.5 Å². The molecule has 0 aliphatic rings. The van der Waals surface area contributed by atoms with Gasteiger partial charge >= 0.3 is 0 Å². The molecule has 0 unspecified atom stereocenters. The van der Waals surface area contributed by atoms with Crippen LogP contribution in [-0.4, -0.2) is 12.6 Å². The molecule has 90 valence electrons. The smallest absolute Gasteiger partial charge is 0.120 e. The lowest BCUT2D eigenvalue weighted by Crippen LogP contribution is -2.32. The molecule has 0 aromatic heterocycles. The van der Waals surface area contributed by atoms with Crippen LogP contribution in [0.2, 0.25) is 0 Å². The van der Waals surface area contributed by atoms with Crippen molar-refractivity contribution in [3.8, 4) is 5.75 Å². The summed E-state index contributed by atoms with van der Waals surface area (Å²) in [7, 11) is 0. The molecule has 0 spiro atoms. The van der Waals surface area contributed by atoms with Crippen molar-refractivity contribution in [3.05, 3.63) is 42.5 Å². The molecule has 0 heterocycles. The van der Waals surface area contributed by atoms with Gasteiger partial charge in [-0.25, -0.2) is 0 Å². The Morgan fingerprint density at radius 1 is 1.06 bits per heavy atom. The van der Waals surface area contributed by atoms with Gasteiger partial charge in [0.05, 0.1) is 0 Å². The van der Waals surface area contributed by atoms with Crippen molar-refractivity contribution < 1.29 is 4.74 Å². The van der Waals surface area contributed by atoms with E-state index in [1.54, 1.807) is 0 Å². The van der Waals surface area contributed by atoms with Crippen LogP contribution in [0.4, 0.5) is 0 Å². The highest BCUT2D eigenvalue weighted by Gasteiger charge is 2.08. The zero-order valence-electron chi connectivity index (χ0n) is 10.4. The van der Waals surface area contributed by atoms with Crippen molar-refractivity contribution in [3.63, 3.8) is 0 Å². The molecule has 2 aromatic rings. The maximum absolute atomic E-state index is 5.95. The van der Waals surface area contributed by atoms with E-state index in [1.807, 2.05) is 18.2 Å². The predicted molar refractivity (Wildman–Crippen MR) is 72.3 cm³/mol. The van der Waals surface area contributed by atoms with Crippen LogP contribution >= 0.6 is 0 Å². The van der Waals surface area contributed by atoms with Crippen molar-refractivity contribution in [1.82, 2.24) is 0 Å². The van der Waals surface area contributed by atoms with Crippen molar-refractivity contribution in [2.24, 2.45) is 11.7 Å². The number of ether oxygens (including phenoxy) is 1. The second-order valence-electron chi connectivity index (χ2n) is 4.73. The summed E-state index contributed by atoms with van der Waals surface area (Å²) in [6.07, 6.45) is 0. The van der Waals surface area contributed by atoms with Gasteiger partial charge in [-0.05, 0) is 28.8 Å². The third kappa shape index (κ3) is 2.98. The highest BCUT2D eigenvalue weighted by Crippen LogP contribution is 2.20. The maximum Gasteiger partial charge on any atom is 0.120 e. The molecule has 0 amide bonds. The Balaban J connectivity index is 2.09. The maximum atomic E-state index is 5.95. The molecular formula is C15H19NO. The van der Waals surface area contributed by atoms with E-state index in [4.69, 9.17) is 10.5 Å². The molecule has 0 saturated heterocycles. The van der Waals surface area contributed by atoms with Crippen molar-refractivity contribution >= 4 is 10.8 Å². The van der Waals surface area contributed by atoms with Crippen LogP contribution in [0.1, 0.15) is 13.8 Å². The van der Waals surface area contributed by atoms with Gasteiger partial charge in [0, 0.05) is 6.04 Å². The third-order valence-corrected chi connectivity index (χ3v) is 3.02. The van der Waals surface area contributed by atoms with Crippen LogP contribution in [0.25, 0.3) is 10.8 Å². The third-order valence-electron chi connectivity index (χ3n) is 3.02. The van der Waals surface area contributed by atoms with Crippen molar-refractivity contribution in [2.45, 2.75) is 19.9 Å². The highest BCUT2D eigenvalue weighted by molar-refractivity contribution is 5.83. The predicted octanol–water partition coefficient (Wildman–Crippen LogP) is 3.20. The standard InChI is InChI=1S/C15H19NO/c1-11(2)15(16)10-17-14-8-7-12-5-3-4-6-13(12)9-14/h3-9,11,15H,10,16H2,1-2H3/t15-/m1/s1. The molecule has 2 heteroatoms. The van der Waals surface area contributed by atoms with Gasteiger partial charge in [0.2, 0.25) is 0 Å². The van der Waals surface area contributed by atoms with Crippen LogP contribution in [-0.2, 0) is 0 Å². The zero-order valence-corrected chi connectivity index (χ0v) is 10.4. The molecule has 2 nitrogen and oxygen atoms in total. The quantitative estimate of drug-likeness (QED) is 0.873. The van der Waals surface area contributed by atoms with E-state index in [0.717, 1.165) is 5.75 Å². The Bertz CT molecular complexity index is 493. The van der Waals surface area contributed by atoms with Crippen molar-refractivity contribution in [2.75, 3.05) is 6.61 Å². The van der Waals surface area contributed by atoms with Gasteiger partial charge in [-0.3, -0.25) is 0 Å². The fourth-order valence-electron chi connectivity index (χ4n) is 1.64. The Hall–Kier alpha value is -1.54. The minimum Gasteiger partial charge on any atom is -0.492 e. The van der Waals surface area contributed by atoms with Gasteiger partial charge in [-0.2, -0.15) is 0 Å². The Labute approximate surface area is 102 Å². The molecule has 0 aliphatic heterocycles. The Morgan fingerprint density at radius 3 is 2.47 bits per heavy atom. The van der Waals surface area contributed by atoms with Crippen LogP contribution in [0.3, 0.4) is 0 Å². The molecule has 0 radical (unpaired) electrons. The lowest BCUT2D eigenvalue weighted by molar-refractivity contribution is 0.260. The summed E-state index contributed by atoms with van der Waals surface area (Å²) in [6, 6.07) is 14.5. The first-order valence-electron chi connectivity index (χ1n) is 6.04. The first kappa shape index (κ1) is 11.9. The van der Waals surface area contributed by atoms with Crippen LogP contribution in [0.15, 0.2) is 42.5 Å². The molecule has 0 fully saturated rings. The lowest BCUT2D eigenvalue weighted by atomic mass is 10.1. The van der Waals surface area contributed by atoms with E-state index in [9.17, 15) is 0 Å². The SMILES string of the molecule is CC(C)[C@H](N)COc1ccc2ccccc2c1. The van der Waals surface area contributed by atoms with E-state index >= 15 is 0 Å². The van der Waals surface area contributed by atoms with E-state index in [2.05, 4.69) is 38.1 Å². The fraction of sp³-hybridized carbons (Fsp3) is 0.333. The van der Waals surface area contributed by atoms with Gasteiger partial charge < -0.3 is 10.5 Å². The minimum atomic E-state index is 0.0847. The Kier molecular flexibility index (Phi) is 3.64. The number of benzene rings is 2. The zero-order chi connectivity index (χ0) is 12.3. The first-order chi connectivity index (χ1) is 8.16. The molecule has 0 bridgehead atoms. The number of hydrogen-bond donors (Lipinski definition) is 1. The Morgan fingerprint density at radius 2 is 1.76 bits per heavy atom. The minimum absolute atomic E-state index is 0.0847. The average Bonchev–Trinajstić information content (AvgIpc) is 2.35. The number of fused-ring (bicyclic) bond motifs is 1. The largest absolute Gasteiger partial charge is 0.492 e. The van der Waals surface area contributed by atoms with Crippen LogP contribution in [0, 0.1) is 5.92 Å². The van der Waals surface area contributed by atoms with Gasteiger partial charge in [0.15, 0.2) is 0 Å². The van der Waals surface area contributed by atoms with Crippen molar-refractivity contribution in [1.29, 1.82) is 0 Å². The van der Waals surface area contributed by atoms with E-state index in [-0.39, 0.29) is 6.04 Å². The molecule has 17 heavy (non-hydrogen) atoms. The van der Waals surface area contributed by atoms with Gasteiger partial charge in [-0.1, -0.05) is 44.2 Å². The summed E-state index contributed by atoms with van der Waals surface area (Å²) in [5, 5.41) is 2.43. The van der Waals surface area contributed by atoms with Crippen LogP contribution in [0.5, 0.6) is 5.75 Å². The summed E-state index contributed by atoms with van der Waals surface area (Å²) < 4.78 is 5.71. The molecule has 2 aromatic carbocycles. The molecule has 2 N–H and O–H groups in total. The normalized spacial score (nSPS) is 12.9. The summed E-state index contributed by atoms with van der Waals surface area (Å²) >= 11 is 0. The van der Waals surface area contributed by atoms with E-state index in [1.165, 1.54) is 10.8 Å². The molecule has 0 saturated carbocycles. The second-order valence-corrected chi connectivity index (χ2v) is 4.73.